The molecule has 40 heavy (non-hydrogen) atoms. The van der Waals surface area contributed by atoms with Gasteiger partial charge in [-0.2, -0.15) is 0 Å². The molecule has 10 heteroatoms. The molecule has 5 heterocycles. The van der Waals surface area contributed by atoms with Crippen molar-refractivity contribution >= 4 is 45.7 Å². The van der Waals surface area contributed by atoms with Crippen LogP contribution in [0.15, 0.2) is 66.0 Å². The quantitative estimate of drug-likeness (QED) is 0.315. The number of thioether (sulfide) groups is 1. The molecule has 0 aliphatic carbocycles. The van der Waals surface area contributed by atoms with Crippen LogP contribution >= 0.6 is 11.8 Å². The van der Waals surface area contributed by atoms with Crippen LogP contribution in [0.5, 0.6) is 0 Å². The van der Waals surface area contributed by atoms with Crippen LogP contribution in [0.3, 0.4) is 0 Å². The number of hydrogen-bond donors (Lipinski definition) is 2. The largest absolute Gasteiger partial charge is 0.341 e. The summed E-state index contributed by atoms with van der Waals surface area (Å²) in [5.41, 5.74) is 4.82. The van der Waals surface area contributed by atoms with Gasteiger partial charge >= 0.3 is 0 Å². The Bertz CT molecular complexity index is 1610. The number of imide groups is 1. The van der Waals surface area contributed by atoms with Crippen molar-refractivity contribution in [3.05, 3.63) is 82.9 Å². The van der Waals surface area contributed by atoms with Crippen molar-refractivity contribution in [2.75, 3.05) is 24.5 Å². The Morgan fingerprint density at radius 1 is 1.10 bits per heavy atom. The first-order chi connectivity index (χ1) is 19.5. The molecule has 0 unspecified atom stereocenters. The second-order valence-corrected chi connectivity index (χ2v) is 11.1. The van der Waals surface area contributed by atoms with Gasteiger partial charge in [0, 0.05) is 49.2 Å². The first-order valence-corrected chi connectivity index (χ1v) is 14.2. The number of fused-ring (bicyclic) bond motifs is 1. The lowest BCUT2D eigenvalue weighted by Gasteiger charge is -2.32. The summed E-state index contributed by atoms with van der Waals surface area (Å²) in [5, 5.41) is 7.80. The predicted octanol–water partition coefficient (Wildman–Crippen LogP) is 4.73. The third-order valence-electron chi connectivity index (χ3n) is 7.19. The molecule has 2 saturated heterocycles. The van der Waals surface area contributed by atoms with Gasteiger partial charge in [0.1, 0.15) is 0 Å². The van der Waals surface area contributed by atoms with Crippen molar-refractivity contribution in [2.24, 2.45) is 5.92 Å². The normalized spacial score (nSPS) is 17.1. The summed E-state index contributed by atoms with van der Waals surface area (Å²) >= 11 is 0.890. The molecular weight excluding hydrogens is 522 g/mol. The number of anilines is 1. The number of aryl methyl sites for hydroxylation is 1. The smallest absolute Gasteiger partial charge is 0.290 e. The molecule has 0 bridgehead atoms. The minimum Gasteiger partial charge on any atom is -0.341 e. The van der Waals surface area contributed by atoms with Crippen LogP contribution < -0.4 is 15.5 Å². The maximum Gasteiger partial charge on any atom is 0.290 e. The number of nitrogens with zero attached hydrogens (tertiary/aromatic N) is 5. The Labute approximate surface area is 236 Å². The van der Waals surface area contributed by atoms with E-state index >= 15 is 0 Å². The van der Waals surface area contributed by atoms with Crippen molar-refractivity contribution in [3.63, 3.8) is 0 Å². The number of nitrogens with one attached hydrogen (secondary N) is 2. The Morgan fingerprint density at radius 3 is 2.77 bits per heavy atom. The van der Waals surface area contributed by atoms with Gasteiger partial charge in [0.2, 0.25) is 5.95 Å². The van der Waals surface area contributed by atoms with E-state index < -0.39 is 0 Å². The van der Waals surface area contributed by atoms with Gasteiger partial charge in [-0.3, -0.25) is 24.9 Å². The molecule has 9 nitrogen and oxygen atoms in total. The van der Waals surface area contributed by atoms with E-state index in [4.69, 9.17) is 4.98 Å². The van der Waals surface area contributed by atoms with Crippen molar-refractivity contribution < 1.29 is 9.59 Å². The highest BCUT2D eigenvalue weighted by Gasteiger charge is 2.26. The number of rotatable bonds is 7. The SMILES string of the molecule is Cc1cc(CNCC2CCN(c3nccc(/C=C4\SC(=O)NC4=O)n3)CC2)nc(-c2cncc3ccccc23)c1. The Balaban J connectivity index is 1.04. The number of carbonyl (C=O) groups is 2. The minimum atomic E-state index is -0.383. The van der Waals surface area contributed by atoms with Crippen LogP contribution in [0.4, 0.5) is 10.7 Å². The lowest BCUT2D eigenvalue weighted by atomic mass is 9.97. The highest BCUT2D eigenvalue weighted by Crippen LogP contribution is 2.28. The van der Waals surface area contributed by atoms with Gasteiger partial charge in [0.15, 0.2) is 0 Å². The minimum absolute atomic E-state index is 0.350. The number of benzene rings is 1. The molecular formula is C30H29N7O2S. The predicted molar refractivity (Wildman–Crippen MR) is 157 cm³/mol. The molecule has 2 aliphatic rings. The Morgan fingerprint density at radius 2 is 1.95 bits per heavy atom. The maximum absolute atomic E-state index is 11.8. The lowest BCUT2D eigenvalue weighted by Crippen LogP contribution is -2.38. The zero-order valence-corrected chi connectivity index (χ0v) is 22.9. The number of aromatic nitrogens is 4. The van der Waals surface area contributed by atoms with Gasteiger partial charge in [0.25, 0.3) is 11.1 Å². The summed E-state index contributed by atoms with van der Waals surface area (Å²) in [6.45, 7) is 5.46. The maximum atomic E-state index is 11.8. The summed E-state index contributed by atoms with van der Waals surface area (Å²) < 4.78 is 0. The van der Waals surface area contributed by atoms with Gasteiger partial charge in [-0.1, -0.05) is 24.3 Å². The number of hydrogen-bond acceptors (Lipinski definition) is 9. The summed E-state index contributed by atoms with van der Waals surface area (Å²) in [6.07, 6.45) is 9.18. The number of amides is 2. The third-order valence-corrected chi connectivity index (χ3v) is 8.00. The molecule has 6 rings (SSSR count). The van der Waals surface area contributed by atoms with Crippen LogP contribution in [0.1, 0.15) is 29.8 Å². The molecule has 2 fully saturated rings. The topological polar surface area (TPSA) is 113 Å². The average Bonchev–Trinajstić information content (AvgIpc) is 3.28. The molecule has 4 aromatic rings. The molecule has 2 N–H and O–H groups in total. The van der Waals surface area contributed by atoms with Crippen LogP contribution in [0.25, 0.3) is 28.1 Å². The van der Waals surface area contributed by atoms with E-state index in [1.165, 1.54) is 5.56 Å². The number of pyridine rings is 2. The number of piperidine rings is 1. The lowest BCUT2D eigenvalue weighted by molar-refractivity contribution is -0.115. The fourth-order valence-electron chi connectivity index (χ4n) is 5.18. The van der Waals surface area contributed by atoms with Crippen LogP contribution in [0.2, 0.25) is 0 Å². The second kappa shape index (κ2) is 11.5. The van der Waals surface area contributed by atoms with E-state index in [1.54, 1.807) is 18.3 Å². The van der Waals surface area contributed by atoms with Crippen molar-refractivity contribution in [3.8, 4) is 11.3 Å². The van der Waals surface area contributed by atoms with Crippen molar-refractivity contribution in [2.45, 2.75) is 26.3 Å². The van der Waals surface area contributed by atoms with E-state index in [2.05, 4.69) is 67.7 Å². The Hall–Kier alpha value is -4.15. The van der Waals surface area contributed by atoms with Gasteiger partial charge in [-0.25, -0.2) is 9.97 Å². The summed E-state index contributed by atoms with van der Waals surface area (Å²) in [6, 6.07) is 14.3. The molecule has 0 saturated carbocycles. The molecule has 202 valence electrons. The number of carbonyl (C=O) groups excluding carboxylic acids is 2. The van der Waals surface area contributed by atoms with Crippen LogP contribution in [-0.4, -0.2) is 50.7 Å². The van der Waals surface area contributed by atoms with Crippen LogP contribution in [0, 0.1) is 12.8 Å². The molecule has 2 aliphatic heterocycles. The summed E-state index contributed by atoms with van der Waals surface area (Å²) in [7, 11) is 0. The molecule has 0 radical (unpaired) electrons. The molecule has 1 aromatic carbocycles. The molecule has 0 atom stereocenters. The van der Waals surface area contributed by atoms with E-state index in [1.807, 2.05) is 18.5 Å². The van der Waals surface area contributed by atoms with Gasteiger partial charge in [0.05, 0.1) is 22.0 Å². The van der Waals surface area contributed by atoms with Crippen molar-refractivity contribution in [1.29, 1.82) is 0 Å². The van der Waals surface area contributed by atoms with E-state index in [9.17, 15) is 9.59 Å². The van der Waals surface area contributed by atoms with E-state index in [0.717, 1.165) is 72.0 Å². The first kappa shape index (κ1) is 26.1. The zero-order valence-electron chi connectivity index (χ0n) is 22.1. The van der Waals surface area contributed by atoms with Crippen molar-refractivity contribution in [1.82, 2.24) is 30.6 Å². The highest BCUT2D eigenvalue weighted by molar-refractivity contribution is 8.18. The molecule has 2 amide bonds. The molecule has 0 spiro atoms. The van der Waals surface area contributed by atoms with Crippen LogP contribution in [-0.2, 0) is 11.3 Å². The monoisotopic (exact) mass is 551 g/mol. The summed E-state index contributed by atoms with van der Waals surface area (Å²) in [5.74, 6) is 0.818. The third kappa shape index (κ3) is 5.88. The van der Waals surface area contributed by atoms with Gasteiger partial charge < -0.3 is 10.2 Å². The standard InChI is InChI=1S/C30H29N7O2S/c1-19-12-23(34-26(13-19)25-18-32-16-21-4-2-3-5-24(21)25)17-31-15-20-7-10-37(11-8-20)29-33-9-6-22(35-29)14-27-28(38)36-30(39)40-27/h2-6,9,12-14,16,18,20,31H,7-8,10-11,15,17H2,1H3,(H,36,38,39)/b27-14-. The average molecular weight is 552 g/mol. The summed E-state index contributed by atoms with van der Waals surface area (Å²) in [4.78, 5) is 44.3. The Kier molecular flexibility index (Phi) is 7.52. The fraction of sp³-hybridized carbons (Fsp3) is 0.267. The van der Waals surface area contributed by atoms with Gasteiger partial charge in [-0.05, 0) is 79.2 Å². The highest BCUT2D eigenvalue weighted by atomic mass is 32.2. The molecule has 3 aromatic heterocycles. The van der Waals surface area contributed by atoms with E-state index in [-0.39, 0.29) is 11.1 Å². The second-order valence-electron chi connectivity index (χ2n) is 10.1. The first-order valence-electron chi connectivity index (χ1n) is 13.4. The zero-order chi connectivity index (χ0) is 27.5. The van der Waals surface area contributed by atoms with E-state index in [0.29, 0.717) is 29.0 Å². The van der Waals surface area contributed by atoms with Gasteiger partial charge in [-0.15, -0.1) is 0 Å². The fourth-order valence-corrected chi connectivity index (χ4v) is 5.85.